The van der Waals surface area contributed by atoms with E-state index in [0.29, 0.717) is 24.8 Å². The second-order valence-corrected chi connectivity index (χ2v) is 8.17. The van der Waals surface area contributed by atoms with E-state index in [1.807, 2.05) is 0 Å². The summed E-state index contributed by atoms with van der Waals surface area (Å²) >= 11 is 0. The molecule has 1 aromatic carbocycles. The number of amides is 1. The Labute approximate surface area is 163 Å². The molecule has 1 amide bonds. The zero-order chi connectivity index (χ0) is 19.1. The summed E-state index contributed by atoms with van der Waals surface area (Å²) in [4.78, 5) is 15.0. The minimum atomic E-state index is 0.179. The Morgan fingerprint density at radius 1 is 1.30 bits per heavy atom. The fourth-order valence-corrected chi connectivity index (χ4v) is 4.24. The Balaban J connectivity index is 1.56. The van der Waals surface area contributed by atoms with E-state index in [1.165, 1.54) is 24.0 Å². The SMILES string of the molecule is Cc1ccc(C(CNC(=O)CC(C)C2CCCNC2)N2CCOCC2)cc1. The van der Waals surface area contributed by atoms with Gasteiger partial charge in [0.15, 0.2) is 0 Å². The molecule has 3 rings (SSSR count). The molecule has 5 heteroatoms. The highest BCUT2D eigenvalue weighted by Crippen LogP contribution is 2.24. The molecule has 150 valence electrons. The summed E-state index contributed by atoms with van der Waals surface area (Å²) in [5, 5.41) is 6.68. The van der Waals surface area contributed by atoms with Crippen LogP contribution in [0.4, 0.5) is 0 Å². The smallest absolute Gasteiger partial charge is 0.220 e. The first-order chi connectivity index (χ1) is 13.1. The number of ether oxygens (including phenoxy) is 1. The fourth-order valence-electron chi connectivity index (χ4n) is 4.24. The van der Waals surface area contributed by atoms with Gasteiger partial charge < -0.3 is 15.4 Å². The van der Waals surface area contributed by atoms with Crippen molar-refractivity contribution in [1.82, 2.24) is 15.5 Å². The van der Waals surface area contributed by atoms with Crippen LogP contribution in [0.3, 0.4) is 0 Å². The van der Waals surface area contributed by atoms with Crippen LogP contribution in [-0.2, 0) is 9.53 Å². The molecular weight excluding hydrogens is 338 g/mol. The van der Waals surface area contributed by atoms with Gasteiger partial charge in [-0.3, -0.25) is 9.69 Å². The predicted molar refractivity (Wildman–Crippen MR) is 109 cm³/mol. The van der Waals surface area contributed by atoms with Gasteiger partial charge in [-0.05, 0) is 50.3 Å². The van der Waals surface area contributed by atoms with Gasteiger partial charge in [-0.15, -0.1) is 0 Å². The molecule has 2 aliphatic rings. The molecule has 1 aromatic rings. The van der Waals surface area contributed by atoms with Crippen LogP contribution in [0.1, 0.15) is 43.4 Å². The average molecular weight is 374 g/mol. The van der Waals surface area contributed by atoms with Crippen LogP contribution >= 0.6 is 0 Å². The molecule has 27 heavy (non-hydrogen) atoms. The van der Waals surface area contributed by atoms with Crippen molar-refractivity contribution in [2.45, 2.75) is 39.2 Å². The Bertz CT molecular complexity index is 578. The number of piperidine rings is 1. The third-order valence-electron chi connectivity index (χ3n) is 6.09. The number of carbonyl (C=O) groups excluding carboxylic acids is 1. The van der Waals surface area contributed by atoms with Crippen LogP contribution in [-0.4, -0.2) is 56.7 Å². The molecule has 0 radical (unpaired) electrons. The standard InChI is InChI=1S/C22H35N3O2/c1-17-5-7-19(8-6-17)21(25-10-12-27-13-11-25)16-24-22(26)14-18(2)20-4-3-9-23-15-20/h5-8,18,20-21,23H,3-4,9-16H2,1-2H3,(H,24,26). The lowest BCUT2D eigenvalue weighted by molar-refractivity contribution is -0.122. The lowest BCUT2D eigenvalue weighted by atomic mass is 9.85. The normalized spacial score (nSPS) is 23.6. The van der Waals surface area contributed by atoms with Gasteiger partial charge in [0.2, 0.25) is 5.91 Å². The Morgan fingerprint density at radius 3 is 2.70 bits per heavy atom. The number of morpholine rings is 1. The molecule has 5 nitrogen and oxygen atoms in total. The van der Waals surface area contributed by atoms with Crippen molar-refractivity contribution in [2.75, 3.05) is 45.9 Å². The average Bonchev–Trinajstić information content (AvgIpc) is 2.71. The molecule has 0 aliphatic carbocycles. The highest BCUT2D eigenvalue weighted by atomic mass is 16.5. The molecule has 2 N–H and O–H groups in total. The Hall–Kier alpha value is -1.43. The van der Waals surface area contributed by atoms with E-state index >= 15 is 0 Å². The highest BCUT2D eigenvalue weighted by molar-refractivity contribution is 5.76. The van der Waals surface area contributed by atoms with Crippen molar-refractivity contribution >= 4 is 5.91 Å². The van der Waals surface area contributed by atoms with Gasteiger partial charge in [0.1, 0.15) is 0 Å². The number of rotatable bonds is 7. The summed E-state index contributed by atoms with van der Waals surface area (Å²) < 4.78 is 5.52. The summed E-state index contributed by atoms with van der Waals surface area (Å²) in [6.45, 7) is 10.5. The fraction of sp³-hybridized carbons (Fsp3) is 0.682. The lowest BCUT2D eigenvalue weighted by Gasteiger charge is -2.35. The molecule has 2 aliphatic heterocycles. The molecule has 2 saturated heterocycles. The third kappa shape index (κ3) is 6.03. The molecule has 0 aromatic heterocycles. The summed E-state index contributed by atoms with van der Waals surface area (Å²) in [5.74, 6) is 1.23. The van der Waals surface area contributed by atoms with E-state index in [4.69, 9.17) is 4.74 Å². The molecule has 2 fully saturated rings. The maximum Gasteiger partial charge on any atom is 0.220 e. The van der Waals surface area contributed by atoms with Crippen molar-refractivity contribution in [3.8, 4) is 0 Å². The minimum absolute atomic E-state index is 0.179. The molecular formula is C22H35N3O2. The number of hydrogen-bond donors (Lipinski definition) is 2. The molecule has 0 saturated carbocycles. The van der Waals surface area contributed by atoms with Crippen LogP contribution in [0.5, 0.6) is 0 Å². The van der Waals surface area contributed by atoms with Gasteiger partial charge >= 0.3 is 0 Å². The monoisotopic (exact) mass is 373 g/mol. The number of hydrogen-bond acceptors (Lipinski definition) is 4. The largest absolute Gasteiger partial charge is 0.379 e. The van der Waals surface area contributed by atoms with Gasteiger partial charge in [0.25, 0.3) is 0 Å². The van der Waals surface area contributed by atoms with Crippen molar-refractivity contribution < 1.29 is 9.53 Å². The van der Waals surface area contributed by atoms with Crippen molar-refractivity contribution in [3.63, 3.8) is 0 Å². The summed E-state index contributed by atoms with van der Waals surface area (Å²) in [6, 6.07) is 8.91. The summed E-state index contributed by atoms with van der Waals surface area (Å²) in [5.41, 5.74) is 2.53. The predicted octanol–water partition coefficient (Wildman–Crippen LogP) is 2.51. The maximum atomic E-state index is 12.6. The van der Waals surface area contributed by atoms with Gasteiger partial charge in [-0.1, -0.05) is 36.8 Å². The van der Waals surface area contributed by atoms with Crippen LogP contribution < -0.4 is 10.6 Å². The molecule has 0 bridgehead atoms. The molecule has 2 heterocycles. The van der Waals surface area contributed by atoms with Gasteiger partial charge in [-0.25, -0.2) is 0 Å². The third-order valence-corrected chi connectivity index (χ3v) is 6.09. The van der Waals surface area contributed by atoms with Crippen molar-refractivity contribution in [3.05, 3.63) is 35.4 Å². The van der Waals surface area contributed by atoms with Gasteiger partial charge in [0, 0.05) is 26.1 Å². The second-order valence-electron chi connectivity index (χ2n) is 8.17. The zero-order valence-corrected chi connectivity index (χ0v) is 16.9. The number of aryl methyl sites for hydroxylation is 1. The van der Waals surface area contributed by atoms with E-state index in [-0.39, 0.29) is 11.9 Å². The quantitative estimate of drug-likeness (QED) is 0.771. The number of nitrogens with zero attached hydrogens (tertiary/aromatic N) is 1. The van der Waals surface area contributed by atoms with Crippen LogP contribution in [0.15, 0.2) is 24.3 Å². The Kier molecular flexibility index (Phi) is 7.68. The zero-order valence-electron chi connectivity index (χ0n) is 16.9. The Morgan fingerprint density at radius 2 is 2.04 bits per heavy atom. The topological polar surface area (TPSA) is 53.6 Å². The van der Waals surface area contributed by atoms with Gasteiger partial charge in [-0.2, -0.15) is 0 Å². The number of carbonyl (C=O) groups is 1. The van der Waals surface area contributed by atoms with Crippen molar-refractivity contribution in [2.24, 2.45) is 11.8 Å². The van der Waals surface area contributed by atoms with Gasteiger partial charge in [0.05, 0.1) is 19.3 Å². The first kappa shape index (κ1) is 20.3. The molecule has 3 unspecified atom stereocenters. The van der Waals surface area contributed by atoms with E-state index in [9.17, 15) is 4.79 Å². The highest BCUT2D eigenvalue weighted by Gasteiger charge is 2.25. The summed E-state index contributed by atoms with van der Waals surface area (Å²) in [7, 11) is 0. The van der Waals surface area contributed by atoms with Crippen molar-refractivity contribution in [1.29, 1.82) is 0 Å². The number of benzene rings is 1. The maximum absolute atomic E-state index is 12.6. The molecule has 0 spiro atoms. The van der Waals surface area contributed by atoms with E-state index in [0.717, 1.165) is 39.4 Å². The lowest BCUT2D eigenvalue weighted by Crippen LogP contribution is -2.44. The van der Waals surface area contributed by atoms with E-state index in [1.54, 1.807) is 0 Å². The minimum Gasteiger partial charge on any atom is -0.379 e. The first-order valence-corrected chi connectivity index (χ1v) is 10.5. The summed E-state index contributed by atoms with van der Waals surface area (Å²) in [6.07, 6.45) is 3.08. The first-order valence-electron chi connectivity index (χ1n) is 10.5. The van der Waals surface area contributed by atoms with Crippen LogP contribution in [0, 0.1) is 18.8 Å². The molecule has 3 atom stereocenters. The second kappa shape index (κ2) is 10.2. The van der Waals surface area contributed by atoms with E-state index < -0.39 is 0 Å². The number of nitrogens with one attached hydrogen (secondary N) is 2. The van der Waals surface area contributed by atoms with E-state index in [2.05, 4.69) is 53.6 Å². The van der Waals surface area contributed by atoms with Crippen LogP contribution in [0.25, 0.3) is 0 Å². The van der Waals surface area contributed by atoms with Crippen LogP contribution in [0.2, 0.25) is 0 Å².